The van der Waals surface area contributed by atoms with Crippen molar-refractivity contribution in [3.8, 4) is 0 Å². The molecule has 0 saturated heterocycles. The zero-order chi connectivity index (χ0) is 10.8. The summed E-state index contributed by atoms with van der Waals surface area (Å²) in [6.07, 6.45) is 4.43. The molecule has 0 saturated carbocycles. The molecular weight excluding hydrogens is 203 g/mol. The Morgan fingerprint density at radius 2 is 2.07 bits per heavy atom. The van der Waals surface area contributed by atoms with Crippen LogP contribution in [-0.2, 0) is 13.9 Å². The summed E-state index contributed by atoms with van der Waals surface area (Å²) in [5.41, 5.74) is 0. The first-order valence-electron chi connectivity index (χ1n) is 5.04. The maximum Gasteiger partial charge on any atom is 0.303 e. The zero-order valence-corrected chi connectivity index (χ0v) is 9.62. The van der Waals surface area contributed by atoms with Crippen LogP contribution in [0.4, 0.5) is 0 Å². The molecule has 0 rings (SSSR count). The summed E-state index contributed by atoms with van der Waals surface area (Å²) >= 11 is 0. The standard InChI is InChI=1S/C9H19O4P/c1-2-3-4-5-7-13-14(12)8-6-9(10)11/h14H,2-8H2,1H3,(H,10,11). The van der Waals surface area contributed by atoms with Crippen LogP contribution in [0, 0.1) is 0 Å². The lowest BCUT2D eigenvalue weighted by atomic mass is 10.2. The highest BCUT2D eigenvalue weighted by Gasteiger charge is 2.03. The van der Waals surface area contributed by atoms with Gasteiger partial charge in [-0.3, -0.25) is 9.36 Å². The van der Waals surface area contributed by atoms with Gasteiger partial charge in [-0.2, -0.15) is 0 Å². The average Bonchev–Trinajstić information content (AvgIpc) is 2.14. The van der Waals surface area contributed by atoms with Crippen LogP contribution >= 0.6 is 8.03 Å². The van der Waals surface area contributed by atoms with Crippen molar-refractivity contribution in [3.63, 3.8) is 0 Å². The van der Waals surface area contributed by atoms with E-state index in [1.54, 1.807) is 0 Å². The molecule has 0 aromatic carbocycles. The summed E-state index contributed by atoms with van der Waals surface area (Å²) in [5.74, 6) is -0.919. The van der Waals surface area contributed by atoms with Crippen molar-refractivity contribution >= 4 is 14.0 Å². The van der Waals surface area contributed by atoms with E-state index in [1.165, 1.54) is 6.42 Å². The number of aliphatic carboxylic acids is 1. The minimum absolute atomic E-state index is 0.0627. The monoisotopic (exact) mass is 222 g/mol. The molecule has 0 bridgehead atoms. The molecule has 0 aliphatic carbocycles. The van der Waals surface area contributed by atoms with Gasteiger partial charge in [0, 0.05) is 6.16 Å². The second kappa shape index (κ2) is 9.22. The third-order valence-corrected chi connectivity index (χ3v) is 2.99. The maximum atomic E-state index is 11.1. The molecule has 0 aromatic rings. The average molecular weight is 222 g/mol. The Kier molecular flexibility index (Phi) is 9.00. The van der Waals surface area contributed by atoms with Crippen molar-refractivity contribution in [1.29, 1.82) is 0 Å². The van der Waals surface area contributed by atoms with E-state index in [-0.39, 0.29) is 12.6 Å². The first kappa shape index (κ1) is 13.7. The second-order valence-corrected chi connectivity index (χ2v) is 4.71. The molecule has 84 valence electrons. The van der Waals surface area contributed by atoms with E-state index >= 15 is 0 Å². The summed E-state index contributed by atoms with van der Waals surface area (Å²) in [5, 5.41) is 8.33. The quantitative estimate of drug-likeness (QED) is 0.481. The van der Waals surface area contributed by atoms with E-state index < -0.39 is 14.0 Å². The molecule has 4 nitrogen and oxygen atoms in total. The van der Waals surface area contributed by atoms with E-state index in [9.17, 15) is 9.36 Å². The Labute approximate surface area is 85.5 Å². The molecule has 0 heterocycles. The fourth-order valence-corrected chi connectivity index (χ4v) is 1.93. The normalized spacial score (nSPS) is 12.6. The summed E-state index contributed by atoms with van der Waals surface area (Å²) in [4.78, 5) is 10.1. The van der Waals surface area contributed by atoms with Gasteiger partial charge in [0.2, 0.25) is 0 Å². The van der Waals surface area contributed by atoms with E-state index in [0.717, 1.165) is 19.3 Å². The van der Waals surface area contributed by atoms with Crippen molar-refractivity contribution in [2.24, 2.45) is 0 Å². The van der Waals surface area contributed by atoms with Gasteiger partial charge in [-0.05, 0) is 6.42 Å². The van der Waals surface area contributed by atoms with Crippen molar-refractivity contribution in [3.05, 3.63) is 0 Å². The van der Waals surface area contributed by atoms with Crippen LogP contribution in [0.2, 0.25) is 0 Å². The van der Waals surface area contributed by atoms with Crippen molar-refractivity contribution in [1.82, 2.24) is 0 Å². The van der Waals surface area contributed by atoms with Gasteiger partial charge in [-0.1, -0.05) is 26.2 Å². The fourth-order valence-electron chi connectivity index (χ4n) is 0.996. The van der Waals surface area contributed by atoms with Crippen LogP contribution in [0.15, 0.2) is 0 Å². The molecule has 0 spiro atoms. The van der Waals surface area contributed by atoms with Gasteiger partial charge in [0.1, 0.15) is 0 Å². The van der Waals surface area contributed by atoms with E-state index in [4.69, 9.17) is 9.63 Å². The van der Waals surface area contributed by atoms with E-state index in [2.05, 4.69) is 6.92 Å². The molecule has 5 heteroatoms. The lowest BCUT2D eigenvalue weighted by Crippen LogP contribution is -1.97. The molecule has 1 N–H and O–H groups in total. The van der Waals surface area contributed by atoms with E-state index in [0.29, 0.717) is 6.61 Å². The Balaban J connectivity index is 3.22. The molecule has 0 aliphatic heterocycles. The maximum absolute atomic E-state index is 11.1. The number of unbranched alkanes of at least 4 members (excludes halogenated alkanes) is 3. The Bertz CT molecular complexity index is 182. The van der Waals surface area contributed by atoms with Crippen LogP contribution in [0.3, 0.4) is 0 Å². The molecule has 0 amide bonds. The molecular formula is C9H19O4P. The summed E-state index contributed by atoms with van der Waals surface area (Å²) in [6, 6.07) is 0. The first-order chi connectivity index (χ1) is 6.66. The summed E-state index contributed by atoms with van der Waals surface area (Å²) < 4.78 is 16.1. The van der Waals surface area contributed by atoms with Crippen LogP contribution in [0.25, 0.3) is 0 Å². The third-order valence-electron chi connectivity index (χ3n) is 1.80. The van der Waals surface area contributed by atoms with Crippen molar-refractivity contribution in [2.75, 3.05) is 12.8 Å². The largest absolute Gasteiger partial charge is 0.481 e. The lowest BCUT2D eigenvalue weighted by Gasteiger charge is -2.02. The van der Waals surface area contributed by atoms with Gasteiger partial charge in [0.25, 0.3) is 0 Å². The second-order valence-electron chi connectivity index (χ2n) is 3.17. The van der Waals surface area contributed by atoms with Crippen molar-refractivity contribution < 1.29 is 19.0 Å². The van der Waals surface area contributed by atoms with Crippen LogP contribution in [0.5, 0.6) is 0 Å². The van der Waals surface area contributed by atoms with Crippen LogP contribution in [0.1, 0.15) is 39.0 Å². The minimum Gasteiger partial charge on any atom is -0.481 e. The van der Waals surface area contributed by atoms with Gasteiger partial charge >= 0.3 is 5.97 Å². The highest BCUT2D eigenvalue weighted by Crippen LogP contribution is 2.23. The smallest absolute Gasteiger partial charge is 0.303 e. The zero-order valence-electron chi connectivity index (χ0n) is 8.62. The summed E-state index contributed by atoms with van der Waals surface area (Å²) in [6.45, 7) is 2.62. The third kappa shape index (κ3) is 9.75. The minimum atomic E-state index is -2.10. The highest BCUT2D eigenvalue weighted by molar-refractivity contribution is 7.39. The van der Waals surface area contributed by atoms with Gasteiger partial charge in [-0.25, -0.2) is 0 Å². The highest BCUT2D eigenvalue weighted by atomic mass is 31.1. The number of carboxylic acid groups (broad SMARTS) is 1. The molecule has 0 aliphatic rings. The molecule has 0 fully saturated rings. The first-order valence-corrected chi connectivity index (χ1v) is 6.56. The molecule has 0 aromatic heterocycles. The molecule has 14 heavy (non-hydrogen) atoms. The van der Waals surface area contributed by atoms with E-state index in [1.807, 2.05) is 0 Å². The number of rotatable bonds is 9. The summed E-state index contributed by atoms with van der Waals surface area (Å²) in [7, 11) is -2.10. The topological polar surface area (TPSA) is 63.6 Å². The Hall–Kier alpha value is -0.340. The van der Waals surface area contributed by atoms with Gasteiger partial charge in [-0.15, -0.1) is 0 Å². The molecule has 0 radical (unpaired) electrons. The SMILES string of the molecule is CCCCCCO[PH](=O)CCC(=O)O. The Morgan fingerprint density at radius 1 is 1.36 bits per heavy atom. The number of hydrogen-bond acceptors (Lipinski definition) is 3. The van der Waals surface area contributed by atoms with Crippen LogP contribution < -0.4 is 0 Å². The van der Waals surface area contributed by atoms with Gasteiger partial charge < -0.3 is 9.63 Å². The van der Waals surface area contributed by atoms with Crippen molar-refractivity contribution in [2.45, 2.75) is 39.0 Å². The van der Waals surface area contributed by atoms with Gasteiger partial charge in [0.05, 0.1) is 13.0 Å². The fraction of sp³-hybridized carbons (Fsp3) is 0.889. The molecule has 1 atom stereocenters. The Morgan fingerprint density at radius 3 is 2.64 bits per heavy atom. The molecule has 1 unspecified atom stereocenters. The van der Waals surface area contributed by atoms with Crippen LogP contribution in [-0.4, -0.2) is 23.8 Å². The number of hydrogen-bond donors (Lipinski definition) is 1. The predicted molar refractivity (Wildman–Crippen MR) is 56.2 cm³/mol. The lowest BCUT2D eigenvalue weighted by molar-refractivity contribution is -0.136. The predicted octanol–water partition coefficient (Wildman–Crippen LogP) is 2.53. The number of carbonyl (C=O) groups is 1. The number of carboxylic acids is 1. The van der Waals surface area contributed by atoms with Gasteiger partial charge in [0.15, 0.2) is 8.03 Å².